The predicted octanol–water partition coefficient (Wildman–Crippen LogP) is 10.5. The van der Waals surface area contributed by atoms with Crippen LogP contribution >= 0.6 is 0 Å². The molecule has 0 saturated carbocycles. The van der Waals surface area contributed by atoms with Crippen LogP contribution in [-0.2, 0) is 40.5 Å². The van der Waals surface area contributed by atoms with Crippen LogP contribution in [0.15, 0.2) is 134 Å². The highest BCUT2D eigenvalue weighted by molar-refractivity contribution is 6.76. The Balaban J connectivity index is 0.000000229. The lowest BCUT2D eigenvalue weighted by molar-refractivity contribution is -0.196. The lowest BCUT2D eigenvalue weighted by Gasteiger charge is -2.28. The smallest absolute Gasteiger partial charge is 0.412 e. The first-order valence-electron chi connectivity index (χ1n) is 17.7. The largest absolute Gasteiger partial charge is 0.497 e. The number of hydrogen-bond donors (Lipinski definition) is 0. The summed E-state index contributed by atoms with van der Waals surface area (Å²) >= 11 is 0. The van der Waals surface area contributed by atoms with Crippen molar-refractivity contribution >= 4 is 8.07 Å². The number of methoxy groups -OCH3 is 1. The highest BCUT2D eigenvalue weighted by Crippen LogP contribution is 2.36. The Kier molecular flexibility index (Phi) is 18.5. The van der Waals surface area contributed by atoms with Crippen LogP contribution in [0.4, 0.5) is 26.3 Å². The van der Waals surface area contributed by atoms with Crippen LogP contribution in [0.1, 0.15) is 22.3 Å². The highest BCUT2D eigenvalue weighted by atomic mass is 28.3. The maximum Gasteiger partial charge on any atom is 0.412 e. The second-order valence-electron chi connectivity index (χ2n) is 14.3. The van der Waals surface area contributed by atoms with Gasteiger partial charge in [0.15, 0.2) is 0 Å². The van der Waals surface area contributed by atoms with E-state index in [1.54, 1.807) is 31.4 Å². The molecule has 4 aromatic rings. The third-order valence-electron chi connectivity index (χ3n) is 8.02. The van der Waals surface area contributed by atoms with Crippen LogP contribution in [0.2, 0.25) is 19.6 Å². The summed E-state index contributed by atoms with van der Waals surface area (Å²) in [7, 11) is 0.701. The zero-order valence-electron chi connectivity index (χ0n) is 31.4. The average Bonchev–Trinajstić information content (AvgIpc) is 3.54. The first-order chi connectivity index (χ1) is 25.6. The van der Waals surface area contributed by atoms with Crippen molar-refractivity contribution < 1.29 is 40.6 Å². The van der Waals surface area contributed by atoms with Crippen molar-refractivity contribution in [3.63, 3.8) is 0 Å². The summed E-state index contributed by atoms with van der Waals surface area (Å²) in [6.45, 7) is 10.0. The van der Waals surface area contributed by atoms with Gasteiger partial charge in [-0.1, -0.05) is 141 Å². The number of halogens is 6. The molecule has 2 atom stereocenters. The second kappa shape index (κ2) is 22.4. The summed E-state index contributed by atoms with van der Waals surface area (Å²) in [6, 6.07) is 38.4. The van der Waals surface area contributed by atoms with E-state index in [1.807, 2.05) is 71.6 Å². The molecule has 5 nitrogen and oxygen atoms in total. The number of likely N-dealkylation sites (tertiary alicyclic amines) is 1. The molecule has 1 unspecified atom stereocenters. The average molecular weight is 775 g/mol. The van der Waals surface area contributed by atoms with Gasteiger partial charge in [0.1, 0.15) is 6.61 Å². The maximum absolute atomic E-state index is 13.3. The molecule has 12 heteroatoms. The van der Waals surface area contributed by atoms with Gasteiger partial charge < -0.3 is 14.2 Å². The van der Waals surface area contributed by atoms with Gasteiger partial charge in [-0.3, -0.25) is 9.80 Å². The summed E-state index contributed by atoms with van der Waals surface area (Å²) < 4.78 is 90.5. The Morgan fingerprint density at radius 2 is 1.17 bits per heavy atom. The van der Waals surface area contributed by atoms with Gasteiger partial charge in [-0.05, 0) is 28.4 Å². The van der Waals surface area contributed by atoms with Gasteiger partial charge in [0.2, 0.25) is 0 Å². The van der Waals surface area contributed by atoms with E-state index in [2.05, 4.69) is 54.9 Å². The van der Waals surface area contributed by atoms with Crippen molar-refractivity contribution in [1.82, 2.24) is 9.80 Å². The van der Waals surface area contributed by atoms with E-state index in [9.17, 15) is 26.3 Å². The fourth-order valence-corrected chi connectivity index (χ4v) is 7.31. The van der Waals surface area contributed by atoms with Gasteiger partial charge in [-0.2, -0.15) is 26.3 Å². The Bertz CT molecular complexity index is 1590. The molecule has 1 heterocycles. The first-order valence-corrected chi connectivity index (χ1v) is 21.5. The number of alkyl halides is 6. The molecule has 1 aliphatic heterocycles. The highest BCUT2D eigenvalue weighted by Gasteiger charge is 2.50. The van der Waals surface area contributed by atoms with Crippen molar-refractivity contribution in [3.05, 3.63) is 156 Å². The molecule has 0 bridgehead atoms. The van der Waals surface area contributed by atoms with Crippen LogP contribution in [0.5, 0.6) is 0 Å². The predicted molar refractivity (Wildman–Crippen MR) is 205 cm³/mol. The fourth-order valence-electron chi connectivity index (χ4n) is 5.77. The summed E-state index contributed by atoms with van der Waals surface area (Å²) in [4.78, 5) is 4.21. The number of rotatable bonds is 14. The Morgan fingerprint density at radius 1 is 0.685 bits per heavy atom. The van der Waals surface area contributed by atoms with E-state index in [1.165, 1.54) is 11.7 Å². The van der Waals surface area contributed by atoms with Crippen LogP contribution < -0.4 is 0 Å². The Morgan fingerprint density at radius 3 is 1.63 bits per heavy atom. The van der Waals surface area contributed by atoms with E-state index in [0.29, 0.717) is 19.4 Å². The topological polar surface area (TPSA) is 34.2 Å². The summed E-state index contributed by atoms with van der Waals surface area (Å²) in [5, 5.41) is 0. The molecule has 0 N–H and O–H groups in total. The SMILES string of the molecule is COCN(Cc1ccccc1)C[Si](C)(C)C.FC(F)(F)/C=C/OCc1ccccc1.FC(F)(F)[C@@H]1CN(Cc2ccccc2)CC1OCc1ccccc1. The molecule has 1 saturated heterocycles. The van der Waals surface area contributed by atoms with Crippen LogP contribution in [-0.4, -0.2) is 69.4 Å². The van der Waals surface area contributed by atoms with E-state index < -0.39 is 32.4 Å². The van der Waals surface area contributed by atoms with Crippen LogP contribution in [0.3, 0.4) is 0 Å². The van der Waals surface area contributed by atoms with Crippen molar-refractivity contribution in [1.29, 1.82) is 0 Å². The molecule has 0 amide bonds. The molecule has 4 aromatic carbocycles. The molecular formula is C42H52F6N2O3Si. The maximum atomic E-state index is 13.3. The van der Waals surface area contributed by atoms with E-state index in [0.717, 1.165) is 30.0 Å². The van der Waals surface area contributed by atoms with Gasteiger partial charge in [-0.15, -0.1) is 0 Å². The summed E-state index contributed by atoms with van der Waals surface area (Å²) in [5.74, 6) is -1.44. The molecule has 294 valence electrons. The van der Waals surface area contributed by atoms with Crippen molar-refractivity contribution in [2.75, 3.05) is 33.1 Å². The number of hydrogen-bond acceptors (Lipinski definition) is 5. The zero-order chi connectivity index (χ0) is 39.5. The number of nitrogens with zero attached hydrogens (tertiary/aromatic N) is 2. The third kappa shape index (κ3) is 18.9. The summed E-state index contributed by atoms with van der Waals surface area (Å²) in [5.41, 5.74) is 4.10. The molecule has 1 aliphatic rings. The van der Waals surface area contributed by atoms with Gasteiger partial charge in [0, 0.05) is 33.3 Å². The lowest BCUT2D eigenvalue weighted by atomic mass is 10.1. The molecule has 5 rings (SSSR count). The van der Waals surface area contributed by atoms with Gasteiger partial charge >= 0.3 is 12.4 Å². The minimum Gasteiger partial charge on any atom is -0.497 e. The molecule has 0 aromatic heterocycles. The van der Waals surface area contributed by atoms with E-state index >= 15 is 0 Å². The molecule has 1 fully saturated rings. The molecule has 54 heavy (non-hydrogen) atoms. The minimum absolute atomic E-state index is 0.0160. The Hall–Kier alpha value is -3.94. The van der Waals surface area contributed by atoms with Crippen molar-refractivity contribution in [2.45, 2.75) is 64.4 Å². The summed E-state index contributed by atoms with van der Waals surface area (Å²) in [6.07, 6.45) is -7.48. The minimum atomic E-state index is -4.31. The number of benzene rings is 4. The number of ether oxygens (including phenoxy) is 3. The Labute approximate surface area is 317 Å². The number of allylic oxidation sites excluding steroid dienone is 1. The monoisotopic (exact) mass is 774 g/mol. The van der Waals surface area contributed by atoms with Crippen LogP contribution in [0.25, 0.3) is 0 Å². The van der Waals surface area contributed by atoms with Crippen LogP contribution in [0, 0.1) is 5.92 Å². The molecule has 0 aliphatic carbocycles. The fraction of sp³-hybridized carbons (Fsp3) is 0.381. The third-order valence-corrected chi connectivity index (χ3v) is 9.42. The zero-order valence-corrected chi connectivity index (χ0v) is 32.4. The van der Waals surface area contributed by atoms with Gasteiger partial charge in [0.25, 0.3) is 0 Å². The van der Waals surface area contributed by atoms with E-state index in [-0.39, 0.29) is 25.8 Å². The second-order valence-corrected chi connectivity index (χ2v) is 19.7. The lowest BCUT2D eigenvalue weighted by Crippen LogP contribution is -2.40. The normalized spacial score (nSPS) is 16.4. The molecule has 0 radical (unpaired) electrons. The quantitative estimate of drug-likeness (QED) is 0.0552. The van der Waals surface area contributed by atoms with E-state index in [4.69, 9.17) is 14.2 Å². The van der Waals surface area contributed by atoms with Gasteiger partial charge in [0.05, 0.1) is 45.8 Å². The molecule has 0 spiro atoms. The first kappa shape index (κ1) is 44.5. The molecular weight excluding hydrogens is 723 g/mol. The van der Waals surface area contributed by atoms with Crippen molar-refractivity contribution in [3.8, 4) is 0 Å². The standard InChI is InChI=1S/C19H20F3NO.C13H23NOSi.C10H9F3O/c20-19(21,22)17-12-23(11-15-7-3-1-4-8-15)13-18(17)24-14-16-9-5-2-6-10-16;1-15-11-14(12-16(2,3)4)10-13-8-6-5-7-9-13;11-10(12,13)6-7-14-8-9-4-2-1-3-5-9/h1-10,17-18H,11-14H2;5-9H,10-12H2,1-4H3;1-7H,8H2/b;;7-6+/t17-,18?;;/m1../s1. The van der Waals surface area contributed by atoms with Crippen molar-refractivity contribution in [2.24, 2.45) is 5.92 Å². The van der Waals surface area contributed by atoms with Gasteiger partial charge in [-0.25, -0.2) is 0 Å².